The van der Waals surface area contributed by atoms with Crippen LogP contribution in [0, 0.1) is 0 Å². The van der Waals surface area contributed by atoms with Crippen molar-refractivity contribution in [1.29, 1.82) is 0 Å². The molecule has 0 saturated heterocycles. The molecule has 1 aliphatic carbocycles. The van der Waals surface area contributed by atoms with Gasteiger partial charge in [-0.2, -0.15) is 0 Å². The van der Waals surface area contributed by atoms with Crippen LogP contribution in [0.25, 0.3) is 0 Å². The molecule has 90 valence electrons. The van der Waals surface area contributed by atoms with Gasteiger partial charge in [0.15, 0.2) is 0 Å². The zero-order valence-electron chi connectivity index (χ0n) is 10.4. The van der Waals surface area contributed by atoms with Crippen LogP contribution in [0.15, 0.2) is 12.1 Å². The van der Waals surface area contributed by atoms with Crippen molar-refractivity contribution in [2.75, 3.05) is 6.54 Å². The minimum Gasteiger partial charge on any atom is -0.351 e. The third kappa shape index (κ3) is 1.76. The molecular weight excluding hydrogens is 210 g/mol. The van der Waals surface area contributed by atoms with Gasteiger partial charge in [-0.1, -0.05) is 13.0 Å². The number of benzene rings is 1. The Kier molecular flexibility index (Phi) is 2.65. The Morgan fingerprint density at radius 1 is 1.24 bits per heavy atom. The number of fused-ring (bicyclic) bond motifs is 2. The summed E-state index contributed by atoms with van der Waals surface area (Å²) in [5.41, 5.74) is 5.12. The smallest absolute Gasteiger partial charge is 0.251 e. The molecule has 1 amide bonds. The van der Waals surface area contributed by atoms with E-state index in [4.69, 9.17) is 0 Å². The fraction of sp³-hybridized carbons (Fsp3) is 0.533. The van der Waals surface area contributed by atoms with Gasteiger partial charge in [-0.25, -0.2) is 0 Å². The van der Waals surface area contributed by atoms with Crippen molar-refractivity contribution in [2.45, 2.75) is 44.9 Å². The van der Waals surface area contributed by atoms with E-state index in [1.807, 2.05) is 0 Å². The first-order valence-corrected chi connectivity index (χ1v) is 6.73. The Balaban J connectivity index is 2.12. The van der Waals surface area contributed by atoms with Gasteiger partial charge in [0.25, 0.3) is 5.91 Å². The normalized spacial score (nSPS) is 22.6. The number of aryl methyl sites for hydroxylation is 2. The predicted octanol–water partition coefficient (Wildman–Crippen LogP) is 2.80. The molecule has 0 saturated carbocycles. The van der Waals surface area contributed by atoms with E-state index < -0.39 is 0 Å². The summed E-state index contributed by atoms with van der Waals surface area (Å²) in [7, 11) is 0. The van der Waals surface area contributed by atoms with Crippen molar-refractivity contribution < 1.29 is 4.79 Å². The fourth-order valence-corrected chi connectivity index (χ4v) is 3.12. The minimum absolute atomic E-state index is 0.123. The van der Waals surface area contributed by atoms with Crippen LogP contribution in [0.3, 0.4) is 0 Å². The highest BCUT2D eigenvalue weighted by molar-refractivity contribution is 5.97. The number of carbonyl (C=O) groups is 1. The van der Waals surface area contributed by atoms with Gasteiger partial charge in [-0.3, -0.25) is 4.79 Å². The van der Waals surface area contributed by atoms with E-state index in [1.54, 1.807) is 0 Å². The van der Waals surface area contributed by atoms with E-state index in [-0.39, 0.29) is 5.91 Å². The number of nitrogens with one attached hydrogen (secondary N) is 1. The van der Waals surface area contributed by atoms with Crippen molar-refractivity contribution in [3.05, 3.63) is 34.4 Å². The first kappa shape index (κ1) is 10.8. The lowest BCUT2D eigenvalue weighted by Crippen LogP contribution is -2.35. The second-order valence-corrected chi connectivity index (χ2v) is 5.23. The molecule has 2 heteroatoms. The highest BCUT2D eigenvalue weighted by atomic mass is 16.1. The maximum absolute atomic E-state index is 11.9. The topological polar surface area (TPSA) is 29.1 Å². The van der Waals surface area contributed by atoms with Gasteiger partial charge in [-0.05, 0) is 54.9 Å². The SMILES string of the molecule is CCC1CNC(=O)c2cc3c(cc21)CCCC3. The molecule has 2 nitrogen and oxygen atoms in total. The van der Waals surface area contributed by atoms with Gasteiger partial charge in [0.2, 0.25) is 0 Å². The van der Waals surface area contributed by atoms with Crippen LogP contribution in [0.2, 0.25) is 0 Å². The summed E-state index contributed by atoms with van der Waals surface area (Å²) in [6.45, 7) is 3.01. The maximum Gasteiger partial charge on any atom is 0.251 e. The molecule has 1 aromatic carbocycles. The second kappa shape index (κ2) is 4.17. The van der Waals surface area contributed by atoms with Crippen LogP contribution in [0.4, 0.5) is 0 Å². The summed E-state index contributed by atoms with van der Waals surface area (Å²) in [5.74, 6) is 0.632. The molecular formula is C15H19NO. The first-order valence-electron chi connectivity index (χ1n) is 6.73. The molecule has 0 aromatic heterocycles. The number of hydrogen-bond donors (Lipinski definition) is 1. The van der Waals surface area contributed by atoms with E-state index in [1.165, 1.54) is 36.0 Å². The Morgan fingerprint density at radius 3 is 2.65 bits per heavy atom. The molecule has 1 N–H and O–H groups in total. The molecule has 1 aromatic rings. The van der Waals surface area contributed by atoms with Crippen molar-refractivity contribution >= 4 is 5.91 Å². The number of carbonyl (C=O) groups excluding carboxylic acids is 1. The zero-order valence-corrected chi connectivity index (χ0v) is 10.4. The highest BCUT2D eigenvalue weighted by Crippen LogP contribution is 2.32. The second-order valence-electron chi connectivity index (χ2n) is 5.23. The van der Waals surface area contributed by atoms with Gasteiger partial charge in [0, 0.05) is 18.0 Å². The van der Waals surface area contributed by atoms with Crippen molar-refractivity contribution in [3.8, 4) is 0 Å². The van der Waals surface area contributed by atoms with E-state index in [2.05, 4.69) is 24.4 Å². The Bertz CT molecular complexity index is 464. The number of rotatable bonds is 1. The monoisotopic (exact) mass is 229 g/mol. The molecule has 1 atom stereocenters. The Labute approximate surface area is 102 Å². The summed E-state index contributed by atoms with van der Waals surface area (Å²) in [5, 5.41) is 3.01. The predicted molar refractivity (Wildman–Crippen MR) is 68.4 cm³/mol. The summed E-state index contributed by atoms with van der Waals surface area (Å²) in [6, 6.07) is 4.47. The lowest BCUT2D eigenvalue weighted by atomic mass is 9.82. The summed E-state index contributed by atoms with van der Waals surface area (Å²) >= 11 is 0. The average molecular weight is 229 g/mol. The van der Waals surface area contributed by atoms with E-state index >= 15 is 0 Å². The molecule has 1 unspecified atom stereocenters. The van der Waals surface area contributed by atoms with Crippen LogP contribution >= 0.6 is 0 Å². The van der Waals surface area contributed by atoms with Crippen molar-refractivity contribution in [2.24, 2.45) is 0 Å². The van der Waals surface area contributed by atoms with Gasteiger partial charge in [-0.15, -0.1) is 0 Å². The van der Waals surface area contributed by atoms with Gasteiger partial charge in [0.1, 0.15) is 0 Å². The number of hydrogen-bond acceptors (Lipinski definition) is 1. The summed E-state index contributed by atoms with van der Waals surface area (Å²) in [6.07, 6.45) is 6.01. The lowest BCUT2D eigenvalue weighted by Gasteiger charge is -2.28. The van der Waals surface area contributed by atoms with Crippen molar-refractivity contribution in [3.63, 3.8) is 0 Å². The molecule has 0 bridgehead atoms. The van der Waals surface area contributed by atoms with Crippen LogP contribution in [0.5, 0.6) is 0 Å². The molecule has 0 spiro atoms. The third-order valence-corrected chi connectivity index (χ3v) is 4.20. The zero-order chi connectivity index (χ0) is 11.8. The molecule has 0 radical (unpaired) electrons. The number of amides is 1. The lowest BCUT2D eigenvalue weighted by molar-refractivity contribution is 0.0939. The summed E-state index contributed by atoms with van der Waals surface area (Å²) in [4.78, 5) is 11.9. The van der Waals surface area contributed by atoms with E-state index in [0.29, 0.717) is 5.92 Å². The Hall–Kier alpha value is -1.31. The molecule has 1 aliphatic heterocycles. The molecule has 2 aliphatic rings. The largest absolute Gasteiger partial charge is 0.351 e. The molecule has 17 heavy (non-hydrogen) atoms. The van der Waals surface area contributed by atoms with Gasteiger partial charge < -0.3 is 5.32 Å². The maximum atomic E-state index is 11.9. The third-order valence-electron chi connectivity index (χ3n) is 4.20. The van der Waals surface area contributed by atoms with E-state index in [9.17, 15) is 4.79 Å². The van der Waals surface area contributed by atoms with Gasteiger partial charge >= 0.3 is 0 Å². The standard InChI is InChI=1S/C15H19NO/c1-2-10-9-16-15(17)14-8-12-6-4-3-5-11(12)7-13(10)14/h7-8,10H,2-6,9H2,1H3,(H,16,17). The van der Waals surface area contributed by atoms with Crippen LogP contribution in [0.1, 0.15) is 59.2 Å². The first-order chi connectivity index (χ1) is 8.29. The van der Waals surface area contributed by atoms with Gasteiger partial charge in [0.05, 0.1) is 0 Å². The average Bonchev–Trinajstić information content (AvgIpc) is 2.38. The summed E-state index contributed by atoms with van der Waals surface area (Å²) < 4.78 is 0. The van der Waals surface area contributed by atoms with Crippen LogP contribution in [-0.2, 0) is 12.8 Å². The van der Waals surface area contributed by atoms with Crippen molar-refractivity contribution in [1.82, 2.24) is 5.32 Å². The van der Waals surface area contributed by atoms with Crippen LogP contribution in [-0.4, -0.2) is 12.5 Å². The highest BCUT2D eigenvalue weighted by Gasteiger charge is 2.26. The fourth-order valence-electron chi connectivity index (χ4n) is 3.12. The quantitative estimate of drug-likeness (QED) is 0.788. The molecule has 0 fully saturated rings. The molecule has 1 heterocycles. The minimum atomic E-state index is 0.123. The van der Waals surface area contributed by atoms with E-state index in [0.717, 1.165) is 24.9 Å². The Morgan fingerprint density at radius 2 is 1.94 bits per heavy atom. The molecule has 3 rings (SSSR count). The van der Waals surface area contributed by atoms with Crippen LogP contribution < -0.4 is 5.32 Å².